The number of aromatic hydroxyl groups is 2. The number of nitrogens with zero attached hydrogens (tertiary/aromatic N) is 1. The summed E-state index contributed by atoms with van der Waals surface area (Å²) < 4.78 is 6.02. The molecule has 0 aromatic carbocycles. The number of ether oxygens (including phenoxy) is 1. The van der Waals surface area contributed by atoms with Gasteiger partial charge in [0.1, 0.15) is 5.60 Å². The number of carbonyl (C=O) groups is 2. The standard InChI is InChI=1S/C23H39NO6/c1-23(2,3)29-21(27)15-13-11-9-7-5-4-6-8-10-12-14-16-22(28)30-24-19(25)17-18-20(24)26/h17-18,25-26H,4-16H2,1-3H3. The third-order valence-corrected chi connectivity index (χ3v) is 4.67. The van der Waals surface area contributed by atoms with Crippen molar-refractivity contribution in [3.05, 3.63) is 12.1 Å². The van der Waals surface area contributed by atoms with Crippen molar-refractivity contribution < 1.29 is 29.4 Å². The van der Waals surface area contributed by atoms with Gasteiger partial charge < -0.3 is 19.8 Å². The van der Waals surface area contributed by atoms with E-state index < -0.39 is 11.6 Å². The third-order valence-electron chi connectivity index (χ3n) is 4.67. The van der Waals surface area contributed by atoms with E-state index in [4.69, 9.17) is 9.57 Å². The molecule has 0 aliphatic heterocycles. The van der Waals surface area contributed by atoms with Gasteiger partial charge in [-0.05, 0) is 33.6 Å². The summed E-state index contributed by atoms with van der Waals surface area (Å²) in [6.07, 6.45) is 12.7. The number of rotatable bonds is 15. The Morgan fingerprint density at radius 3 is 1.50 bits per heavy atom. The fourth-order valence-electron chi connectivity index (χ4n) is 3.17. The van der Waals surface area contributed by atoms with Gasteiger partial charge in [-0.15, -0.1) is 4.73 Å². The summed E-state index contributed by atoms with van der Waals surface area (Å²) in [5.74, 6) is -1.17. The van der Waals surface area contributed by atoms with Crippen LogP contribution in [0.3, 0.4) is 0 Å². The second kappa shape index (κ2) is 13.9. The van der Waals surface area contributed by atoms with Crippen LogP contribution in [0.2, 0.25) is 0 Å². The molecule has 0 unspecified atom stereocenters. The van der Waals surface area contributed by atoms with Crippen LogP contribution in [0.4, 0.5) is 0 Å². The number of carbonyl (C=O) groups excluding carboxylic acids is 2. The van der Waals surface area contributed by atoms with Gasteiger partial charge in [-0.1, -0.05) is 57.8 Å². The lowest BCUT2D eigenvalue weighted by atomic mass is 10.0. The minimum absolute atomic E-state index is 0.100. The van der Waals surface area contributed by atoms with Crippen molar-refractivity contribution in [2.75, 3.05) is 0 Å². The molecule has 7 heteroatoms. The SMILES string of the molecule is CC(C)(C)OC(=O)CCCCCCCCCCCCCC(=O)On1c(O)ccc1O. The molecule has 1 aromatic rings. The van der Waals surface area contributed by atoms with Gasteiger partial charge in [0.2, 0.25) is 11.8 Å². The van der Waals surface area contributed by atoms with Gasteiger partial charge in [-0.25, -0.2) is 4.79 Å². The van der Waals surface area contributed by atoms with Gasteiger partial charge >= 0.3 is 11.9 Å². The summed E-state index contributed by atoms with van der Waals surface area (Å²) in [6, 6.07) is 2.51. The molecule has 0 amide bonds. The zero-order chi connectivity index (χ0) is 22.4. The molecule has 0 aliphatic rings. The summed E-state index contributed by atoms with van der Waals surface area (Å²) in [5, 5.41) is 18.8. The van der Waals surface area contributed by atoms with E-state index in [1.807, 2.05) is 20.8 Å². The van der Waals surface area contributed by atoms with Crippen molar-refractivity contribution in [2.45, 2.75) is 110 Å². The summed E-state index contributed by atoms with van der Waals surface area (Å²) in [7, 11) is 0. The van der Waals surface area contributed by atoms with Crippen molar-refractivity contribution in [1.82, 2.24) is 4.73 Å². The third kappa shape index (κ3) is 12.4. The average molecular weight is 426 g/mol. The van der Waals surface area contributed by atoms with Gasteiger partial charge in [0.05, 0.1) is 0 Å². The number of unbranched alkanes of at least 4 members (excludes halogenated alkanes) is 10. The Labute approximate surface area is 180 Å². The van der Waals surface area contributed by atoms with E-state index in [0.717, 1.165) is 49.7 Å². The first-order valence-electron chi connectivity index (χ1n) is 11.2. The van der Waals surface area contributed by atoms with Crippen LogP contribution in [0.15, 0.2) is 12.1 Å². The highest BCUT2D eigenvalue weighted by Gasteiger charge is 2.15. The lowest BCUT2D eigenvalue weighted by Crippen LogP contribution is -2.23. The van der Waals surface area contributed by atoms with Crippen molar-refractivity contribution in [3.63, 3.8) is 0 Å². The van der Waals surface area contributed by atoms with Crippen molar-refractivity contribution >= 4 is 11.9 Å². The zero-order valence-corrected chi connectivity index (χ0v) is 18.8. The van der Waals surface area contributed by atoms with E-state index >= 15 is 0 Å². The molecule has 1 aromatic heterocycles. The molecule has 1 rings (SSSR count). The fourth-order valence-corrected chi connectivity index (χ4v) is 3.17. The molecule has 1 heterocycles. The summed E-state index contributed by atoms with van der Waals surface area (Å²) in [6.45, 7) is 5.68. The van der Waals surface area contributed by atoms with Crippen LogP contribution in [-0.4, -0.2) is 32.5 Å². The smallest absolute Gasteiger partial charge is 0.333 e. The number of hydrogen-bond acceptors (Lipinski definition) is 6. The lowest BCUT2D eigenvalue weighted by molar-refractivity contribution is -0.155. The molecule has 0 atom stereocenters. The number of esters is 1. The molecule has 2 N–H and O–H groups in total. The fraction of sp³-hybridized carbons (Fsp3) is 0.739. The minimum atomic E-state index is -0.469. The lowest BCUT2D eigenvalue weighted by Gasteiger charge is -2.19. The number of hydrogen-bond donors (Lipinski definition) is 2. The minimum Gasteiger partial charge on any atom is -0.492 e. The highest BCUT2D eigenvalue weighted by atomic mass is 16.7. The molecule has 7 nitrogen and oxygen atoms in total. The predicted octanol–water partition coefficient (Wildman–Crippen LogP) is 5.27. The summed E-state index contributed by atoms with van der Waals surface area (Å²) >= 11 is 0. The van der Waals surface area contributed by atoms with E-state index in [-0.39, 0.29) is 24.2 Å². The van der Waals surface area contributed by atoms with Gasteiger partial charge in [-0.2, -0.15) is 0 Å². The summed E-state index contributed by atoms with van der Waals surface area (Å²) in [5.41, 5.74) is -0.392. The molecule has 0 aliphatic carbocycles. The van der Waals surface area contributed by atoms with Gasteiger partial charge in [-0.3, -0.25) is 4.79 Å². The van der Waals surface area contributed by atoms with Crippen molar-refractivity contribution in [2.24, 2.45) is 0 Å². The van der Waals surface area contributed by atoms with Crippen molar-refractivity contribution in [3.8, 4) is 11.8 Å². The highest BCUT2D eigenvalue weighted by molar-refractivity contribution is 5.70. The first kappa shape index (κ1) is 25.9. The van der Waals surface area contributed by atoms with Gasteiger partial charge in [0, 0.05) is 25.0 Å². The van der Waals surface area contributed by atoms with Crippen LogP contribution in [0.5, 0.6) is 11.8 Å². The van der Waals surface area contributed by atoms with Gasteiger partial charge in [0.15, 0.2) is 0 Å². The second-order valence-electron chi connectivity index (χ2n) is 8.78. The normalized spacial score (nSPS) is 11.4. The zero-order valence-electron chi connectivity index (χ0n) is 18.8. The monoisotopic (exact) mass is 425 g/mol. The molecular weight excluding hydrogens is 386 g/mol. The number of aromatic nitrogens is 1. The Morgan fingerprint density at radius 2 is 1.10 bits per heavy atom. The molecule has 0 saturated heterocycles. The summed E-state index contributed by atoms with van der Waals surface area (Å²) in [4.78, 5) is 28.2. The predicted molar refractivity (Wildman–Crippen MR) is 115 cm³/mol. The molecule has 0 saturated carbocycles. The van der Waals surface area contributed by atoms with Crippen LogP contribution in [-0.2, 0) is 14.3 Å². The maximum atomic E-state index is 11.7. The molecule has 0 bridgehead atoms. The van der Waals surface area contributed by atoms with Crippen LogP contribution >= 0.6 is 0 Å². The maximum Gasteiger partial charge on any atom is 0.333 e. The molecule has 172 valence electrons. The molecule has 30 heavy (non-hydrogen) atoms. The average Bonchev–Trinajstić information content (AvgIpc) is 2.96. The van der Waals surface area contributed by atoms with E-state index in [1.54, 1.807) is 0 Å². The van der Waals surface area contributed by atoms with Crippen LogP contribution < -0.4 is 4.84 Å². The van der Waals surface area contributed by atoms with E-state index in [2.05, 4.69) is 0 Å². The van der Waals surface area contributed by atoms with Crippen LogP contribution in [0, 0.1) is 0 Å². The molecule has 0 spiro atoms. The molecule has 0 fully saturated rings. The van der Waals surface area contributed by atoms with Crippen LogP contribution in [0.25, 0.3) is 0 Å². The molecular formula is C23H39NO6. The van der Waals surface area contributed by atoms with Gasteiger partial charge in [0.25, 0.3) is 0 Å². The Hall–Kier alpha value is -2.18. The topological polar surface area (TPSA) is 98.0 Å². The first-order valence-corrected chi connectivity index (χ1v) is 11.2. The quantitative estimate of drug-likeness (QED) is 0.293. The Balaban J connectivity index is 1.87. The Bertz CT molecular complexity index is 613. The Morgan fingerprint density at radius 1 is 0.733 bits per heavy atom. The van der Waals surface area contributed by atoms with Crippen molar-refractivity contribution in [1.29, 1.82) is 0 Å². The second-order valence-corrected chi connectivity index (χ2v) is 8.78. The van der Waals surface area contributed by atoms with Crippen LogP contribution in [0.1, 0.15) is 104 Å². The largest absolute Gasteiger partial charge is 0.492 e. The van der Waals surface area contributed by atoms with E-state index in [9.17, 15) is 19.8 Å². The van der Waals surface area contributed by atoms with E-state index in [1.165, 1.54) is 37.8 Å². The maximum absolute atomic E-state index is 11.7. The first-order chi connectivity index (χ1) is 14.2. The molecule has 0 radical (unpaired) electrons. The highest BCUT2D eigenvalue weighted by Crippen LogP contribution is 2.19. The Kier molecular flexibility index (Phi) is 12.0. The van der Waals surface area contributed by atoms with E-state index in [0.29, 0.717) is 6.42 Å².